The summed E-state index contributed by atoms with van der Waals surface area (Å²) in [4.78, 5) is 11.9. The van der Waals surface area contributed by atoms with Crippen molar-refractivity contribution >= 4 is 39.3 Å². The average molecular weight is 343 g/mol. The lowest BCUT2D eigenvalue weighted by atomic mass is 10.2. The highest BCUT2D eigenvalue weighted by atomic mass is 79.9. The van der Waals surface area contributed by atoms with Crippen molar-refractivity contribution in [2.45, 2.75) is 30.6 Å². The Morgan fingerprint density at radius 1 is 1.42 bits per heavy atom. The molecular formula is C14H19BrN2OS. The lowest BCUT2D eigenvalue weighted by Crippen LogP contribution is -2.39. The Bertz CT molecular complexity index is 441. The number of hydrogen-bond acceptors (Lipinski definition) is 3. The quantitative estimate of drug-likeness (QED) is 0.862. The first kappa shape index (κ1) is 14.9. The van der Waals surface area contributed by atoms with Gasteiger partial charge in [-0.25, -0.2) is 0 Å². The van der Waals surface area contributed by atoms with Gasteiger partial charge in [-0.05, 0) is 47.2 Å². The number of amides is 1. The summed E-state index contributed by atoms with van der Waals surface area (Å²) >= 11 is 5.32. The molecule has 3 nitrogen and oxygen atoms in total. The van der Waals surface area contributed by atoms with E-state index in [-0.39, 0.29) is 5.91 Å². The van der Waals surface area contributed by atoms with Crippen LogP contribution < -0.4 is 10.6 Å². The molecule has 1 aliphatic carbocycles. The third-order valence-corrected chi connectivity index (χ3v) is 5.29. The van der Waals surface area contributed by atoms with Crippen molar-refractivity contribution in [2.75, 3.05) is 18.1 Å². The average Bonchev–Trinajstić information content (AvgIpc) is 2.86. The van der Waals surface area contributed by atoms with Gasteiger partial charge in [-0.15, -0.1) is 0 Å². The molecule has 2 unspecified atom stereocenters. The molecule has 1 amide bonds. The monoisotopic (exact) mass is 342 g/mol. The van der Waals surface area contributed by atoms with Crippen LogP contribution in [0.4, 0.5) is 5.69 Å². The molecule has 0 saturated heterocycles. The second-order valence-electron chi connectivity index (χ2n) is 4.72. The molecule has 5 heteroatoms. The zero-order chi connectivity index (χ0) is 13.7. The fourth-order valence-corrected chi connectivity index (χ4v) is 3.77. The maximum Gasteiger partial charge on any atom is 0.238 e. The van der Waals surface area contributed by atoms with Crippen LogP contribution in [-0.2, 0) is 4.79 Å². The first-order valence-corrected chi connectivity index (χ1v) is 8.59. The Kier molecular flexibility index (Phi) is 5.73. The van der Waals surface area contributed by atoms with Crippen LogP contribution in [0.2, 0.25) is 0 Å². The number of hydrogen-bond donors (Lipinski definition) is 2. The number of anilines is 1. The highest BCUT2D eigenvalue weighted by molar-refractivity contribution is 9.10. The summed E-state index contributed by atoms with van der Waals surface area (Å²) < 4.78 is 0.909. The predicted octanol–water partition coefficient (Wildman–Crippen LogP) is 3.26. The van der Waals surface area contributed by atoms with Crippen LogP contribution in [0, 0.1) is 0 Å². The minimum atomic E-state index is 0.0126. The van der Waals surface area contributed by atoms with E-state index >= 15 is 0 Å². The molecule has 2 atom stereocenters. The van der Waals surface area contributed by atoms with E-state index < -0.39 is 0 Å². The maximum absolute atomic E-state index is 11.9. The second-order valence-corrected chi connectivity index (χ2v) is 6.65. The topological polar surface area (TPSA) is 41.1 Å². The molecule has 1 saturated carbocycles. The molecule has 1 fully saturated rings. The van der Waals surface area contributed by atoms with Gasteiger partial charge in [0.2, 0.25) is 5.91 Å². The van der Waals surface area contributed by atoms with Crippen LogP contribution >= 0.6 is 27.7 Å². The van der Waals surface area contributed by atoms with Crippen LogP contribution in [0.5, 0.6) is 0 Å². The van der Waals surface area contributed by atoms with E-state index in [0.29, 0.717) is 17.8 Å². The van der Waals surface area contributed by atoms with Crippen molar-refractivity contribution in [1.29, 1.82) is 0 Å². The van der Waals surface area contributed by atoms with Crippen LogP contribution in [-0.4, -0.2) is 30.0 Å². The third-order valence-electron chi connectivity index (χ3n) is 3.43. The van der Waals surface area contributed by atoms with E-state index in [4.69, 9.17) is 0 Å². The zero-order valence-corrected chi connectivity index (χ0v) is 13.4. The number of carbonyl (C=O) groups excluding carboxylic acids is 1. The summed E-state index contributed by atoms with van der Waals surface area (Å²) in [7, 11) is 0. The molecule has 0 bridgehead atoms. The van der Waals surface area contributed by atoms with E-state index in [1.165, 1.54) is 19.3 Å². The first-order valence-electron chi connectivity index (χ1n) is 6.51. The Morgan fingerprint density at radius 3 is 2.95 bits per heavy atom. The zero-order valence-electron chi connectivity index (χ0n) is 11.0. The SMILES string of the molecule is CSC1CCCC1NCC(=O)Nc1ccccc1Br. The Labute approximate surface area is 127 Å². The summed E-state index contributed by atoms with van der Waals surface area (Å²) in [6, 6.07) is 8.13. The standard InChI is InChI=1S/C14H19BrN2OS/c1-19-13-8-4-7-12(13)16-9-14(18)17-11-6-3-2-5-10(11)15/h2-3,5-6,12-13,16H,4,7-9H2,1H3,(H,17,18). The molecule has 19 heavy (non-hydrogen) atoms. The predicted molar refractivity (Wildman–Crippen MR) is 85.7 cm³/mol. The summed E-state index contributed by atoms with van der Waals surface area (Å²) in [5.41, 5.74) is 0.821. The van der Waals surface area contributed by atoms with Gasteiger partial charge in [0.15, 0.2) is 0 Å². The van der Waals surface area contributed by atoms with E-state index in [1.54, 1.807) is 0 Å². The van der Waals surface area contributed by atoms with Crippen LogP contribution in [0.25, 0.3) is 0 Å². The Morgan fingerprint density at radius 2 is 2.21 bits per heavy atom. The number of thioether (sulfide) groups is 1. The van der Waals surface area contributed by atoms with E-state index in [2.05, 4.69) is 32.8 Å². The van der Waals surface area contributed by atoms with Gasteiger partial charge in [0.1, 0.15) is 0 Å². The van der Waals surface area contributed by atoms with Crippen molar-refractivity contribution in [1.82, 2.24) is 5.32 Å². The number of carbonyl (C=O) groups is 1. The van der Waals surface area contributed by atoms with Crippen LogP contribution in [0.15, 0.2) is 28.7 Å². The van der Waals surface area contributed by atoms with Gasteiger partial charge in [0, 0.05) is 15.8 Å². The number of nitrogens with one attached hydrogen (secondary N) is 2. The molecule has 104 valence electrons. The van der Waals surface area contributed by atoms with E-state index in [1.807, 2.05) is 36.0 Å². The fraction of sp³-hybridized carbons (Fsp3) is 0.500. The fourth-order valence-electron chi connectivity index (χ4n) is 2.42. The van der Waals surface area contributed by atoms with Gasteiger partial charge in [-0.1, -0.05) is 18.6 Å². The van der Waals surface area contributed by atoms with E-state index in [0.717, 1.165) is 10.2 Å². The van der Waals surface area contributed by atoms with Crippen LogP contribution in [0.1, 0.15) is 19.3 Å². The molecule has 2 rings (SSSR count). The highest BCUT2D eigenvalue weighted by Crippen LogP contribution is 2.28. The molecule has 1 aromatic carbocycles. The van der Waals surface area contributed by atoms with Crippen molar-refractivity contribution < 1.29 is 4.79 Å². The number of halogens is 1. The number of rotatable bonds is 5. The van der Waals surface area contributed by atoms with Gasteiger partial charge in [-0.3, -0.25) is 4.79 Å². The number of benzene rings is 1. The second kappa shape index (κ2) is 7.31. The molecule has 0 radical (unpaired) electrons. The van der Waals surface area contributed by atoms with Gasteiger partial charge in [0.25, 0.3) is 0 Å². The minimum absolute atomic E-state index is 0.0126. The summed E-state index contributed by atoms with van der Waals surface area (Å²) in [6.07, 6.45) is 5.83. The highest BCUT2D eigenvalue weighted by Gasteiger charge is 2.26. The lowest BCUT2D eigenvalue weighted by molar-refractivity contribution is -0.115. The molecule has 1 aromatic rings. The molecular weight excluding hydrogens is 324 g/mol. The molecule has 2 N–H and O–H groups in total. The summed E-state index contributed by atoms with van der Waals surface area (Å²) in [5.74, 6) is 0.0126. The molecule has 1 aliphatic rings. The van der Waals surface area contributed by atoms with Gasteiger partial charge >= 0.3 is 0 Å². The Balaban J connectivity index is 1.80. The third kappa shape index (κ3) is 4.23. The normalized spacial score (nSPS) is 22.4. The molecule has 0 heterocycles. The number of para-hydroxylation sites is 1. The van der Waals surface area contributed by atoms with Gasteiger partial charge in [0.05, 0.1) is 12.2 Å². The van der Waals surface area contributed by atoms with Crippen molar-refractivity contribution in [3.05, 3.63) is 28.7 Å². The van der Waals surface area contributed by atoms with Crippen molar-refractivity contribution in [3.63, 3.8) is 0 Å². The van der Waals surface area contributed by atoms with Gasteiger partial charge < -0.3 is 10.6 Å². The maximum atomic E-state index is 11.9. The molecule has 0 spiro atoms. The first-order chi connectivity index (χ1) is 9.20. The lowest BCUT2D eigenvalue weighted by Gasteiger charge is -2.19. The summed E-state index contributed by atoms with van der Waals surface area (Å²) in [6.45, 7) is 0.378. The van der Waals surface area contributed by atoms with Gasteiger partial charge in [-0.2, -0.15) is 11.8 Å². The molecule has 0 aromatic heterocycles. The Hall–Kier alpha value is -0.520. The largest absolute Gasteiger partial charge is 0.324 e. The summed E-state index contributed by atoms with van der Waals surface area (Å²) in [5, 5.41) is 6.94. The smallest absolute Gasteiger partial charge is 0.238 e. The minimum Gasteiger partial charge on any atom is -0.324 e. The van der Waals surface area contributed by atoms with Crippen LogP contribution in [0.3, 0.4) is 0 Å². The van der Waals surface area contributed by atoms with Crippen molar-refractivity contribution in [2.24, 2.45) is 0 Å². The molecule has 0 aliphatic heterocycles. The van der Waals surface area contributed by atoms with E-state index in [9.17, 15) is 4.79 Å². The van der Waals surface area contributed by atoms with Crippen molar-refractivity contribution in [3.8, 4) is 0 Å².